The van der Waals surface area contributed by atoms with E-state index in [0.29, 0.717) is 12.2 Å². The average molecular weight is 263 g/mol. The van der Waals surface area contributed by atoms with Crippen molar-refractivity contribution in [2.45, 2.75) is 25.2 Å². The van der Waals surface area contributed by atoms with Gasteiger partial charge < -0.3 is 5.73 Å². The van der Waals surface area contributed by atoms with E-state index in [0.717, 1.165) is 22.0 Å². The summed E-state index contributed by atoms with van der Waals surface area (Å²) < 4.78 is 28.0. The maximum Gasteiger partial charge on any atom is 0.251 e. The number of nitrogens with zero attached hydrogens (tertiary/aromatic N) is 2. The van der Waals surface area contributed by atoms with Gasteiger partial charge in [-0.05, 0) is 29.7 Å². The summed E-state index contributed by atoms with van der Waals surface area (Å²) in [6.45, 7) is 0. The number of aryl methyl sites for hydroxylation is 1. The molecule has 100 valence electrons. The van der Waals surface area contributed by atoms with E-state index in [1.807, 2.05) is 25.2 Å². The van der Waals surface area contributed by atoms with E-state index in [1.54, 1.807) is 10.8 Å². The van der Waals surface area contributed by atoms with Crippen LogP contribution in [0.25, 0.3) is 16.5 Å². The van der Waals surface area contributed by atoms with Crippen LogP contribution in [0.5, 0.6) is 0 Å². The Morgan fingerprint density at radius 2 is 2.16 bits per heavy atom. The van der Waals surface area contributed by atoms with Gasteiger partial charge in [0.15, 0.2) is 5.82 Å². The zero-order valence-corrected chi connectivity index (χ0v) is 10.7. The number of hydrogen-bond acceptors (Lipinski definition) is 2. The molecule has 0 saturated heterocycles. The van der Waals surface area contributed by atoms with E-state index < -0.39 is 5.92 Å². The molecule has 0 bridgehead atoms. The van der Waals surface area contributed by atoms with Gasteiger partial charge in [-0.2, -0.15) is 5.10 Å². The lowest BCUT2D eigenvalue weighted by Gasteiger charge is -2.21. The molecule has 0 saturated carbocycles. The largest absolute Gasteiger partial charge is 0.382 e. The summed E-state index contributed by atoms with van der Waals surface area (Å²) in [7, 11) is 1.83. The van der Waals surface area contributed by atoms with Crippen LogP contribution in [-0.4, -0.2) is 15.7 Å². The summed E-state index contributed by atoms with van der Waals surface area (Å²) in [5.74, 6) is -2.06. The number of halogens is 2. The molecule has 0 unspecified atom stereocenters. The second kappa shape index (κ2) is 4.05. The lowest BCUT2D eigenvalue weighted by atomic mass is 9.91. The SMILES string of the molecule is Cn1nc(N)c2ccc(C3=CCC(F)(F)CC3)cc21. The Morgan fingerprint density at radius 3 is 2.84 bits per heavy atom. The molecular formula is C14H15F2N3. The van der Waals surface area contributed by atoms with Gasteiger partial charge in [0.05, 0.1) is 5.52 Å². The molecule has 19 heavy (non-hydrogen) atoms. The fourth-order valence-corrected chi connectivity index (χ4v) is 2.54. The van der Waals surface area contributed by atoms with Crippen molar-refractivity contribution in [3.63, 3.8) is 0 Å². The quantitative estimate of drug-likeness (QED) is 0.857. The van der Waals surface area contributed by atoms with Crippen molar-refractivity contribution in [3.8, 4) is 0 Å². The Kier molecular flexibility index (Phi) is 2.59. The van der Waals surface area contributed by atoms with Gasteiger partial charge >= 0.3 is 0 Å². The monoisotopic (exact) mass is 263 g/mol. The molecule has 1 heterocycles. The maximum atomic E-state index is 13.1. The van der Waals surface area contributed by atoms with Crippen LogP contribution in [0.1, 0.15) is 24.8 Å². The first-order valence-electron chi connectivity index (χ1n) is 6.26. The Labute approximate surface area is 109 Å². The molecule has 0 fully saturated rings. The Morgan fingerprint density at radius 1 is 1.37 bits per heavy atom. The summed E-state index contributed by atoms with van der Waals surface area (Å²) in [5, 5.41) is 5.05. The van der Waals surface area contributed by atoms with Gasteiger partial charge in [-0.15, -0.1) is 0 Å². The minimum absolute atomic E-state index is 0.0790. The van der Waals surface area contributed by atoms with Crippen LogP contribution in [-0.2, 0) is 7.05 Å². The zero-order valence-electron chi connectivity index (χ0n) is 10.7. The number of nitrogens with two attached hydrogens (primary N) is 1. The van der Waals surface area contributed by atoms with E-state index >= 15 is 0 Å². The number of alkyl halides is 2. The fourth-order valence-electron chi connectivity index (χ4n) is 2.54. The molecule has 1 aliphatic rings. The molecule has 3 nitrogen and oxygen atoms in total. The minimum atomic E-state index is -2.55. The first kappa shape index (κ1) is 12.1. The molecule has 5 heteroatoms. The van der Waals surface area contributed by atoms with Crippen molar-refractivity contribution < 1.29 is 8.78 Å². The van der Waals surface area contributed by atoms with Gasteiger partial charge in [-0.1, -0.05) is 12.1 Å². The van der Waals surface area contributed by atoms with Crippen LogP contribution < -0.4 is 5.73 Å². The maximum absolute atomic E-state index is 13.1. The summed E-state index contributed by atoms with van der Waals surface area (Å²) in [6.07, 6.45) is 1.80. The van der Waals surface area contributed by atoms with Crippen LogP contribution >= 0.6 is 0 Å². The molecule has 0 amide bonds. The lowest BCUT2D eigenvalue weighted by Crippen LogP contribution is -2.18. The number of fused-ring (bicyclic) bond motifs is 1. The number of allylic oxidation sites excluding steroid dienone is 2. The number of anilines is 1. The topological polar surface area (TPSA) is 43.8 Å². The molecule has 1 aromatic heterocycles. The number of nitrogen functional groups attached to an aromatic ring is 1. The molecule has 0 radical (unpaired) electrons. The predicted molar refractivity (Wildman–Crippen MR) is 71.9 cm³/mol. The van der Waals surface area contributed by atoms with Gasteiger partial charge in [0.1, 0.15) is 0 Å². The molecule has 2 N–H and O–H groups in total. The van der Waals surface area contributed by atoms with Gasteiger partial charge in [-0.25, -0.2) is 8.78 Å². The van der Waals surface area contributed by atoms with Crippen molar-refractivity contribution in [1.29, 1.82) is 0 Å². The summed E-state index contributed by atoms with van der Waals surface area (Å²) in [5.41, 5.74) is 8.68. The summed E-state index contributed by atoms with van der Waals surface area (Å²) >= 11 is 0. The normalized spacial score (nSPS) is 18.6. The number of benzene rings is 1. The number of aromatic nitrogens is 2. The van der Waals surface area contributed by atoms with Gasteiger partial charge in [0.25, 0.3) is 5.92 Å². The van der Waals surface area contributed by atoms with Crippen molar-refractivity contribution in [1.82, 2.24) is 9.78 Å². The standard InChI is InChI=1S/C14H15F2N3/c1-19-12-8-10(2-3-11(12)13(17)18-19)9-4-6-14(15,16)7-5-9/h2-4,8H,5-7H2,1H3,(H2,17,18). The first-order chi connectivity index (χ1) is 8.96. The Hall–Kier alpha value is -1.91. The van der Waals surface area contributed by atoms with E-state index in [1.165, 1.54) is 0 Å². The summed E-state index contributed by atoms with van der Waals surface area (Å²) in [4.78, 5) is 0. The average Bonchev–Trinajstić information content (AvgIpc) is 2.65. The van der Waals surface area contributed by atoms with Crippen LogP contribution in [0.2, 0.25) is 0 Å². The van der Waals surface area contributed by atoms with Crippen LogP contribution in [0.15, 0.2) is 24.3 Å². The van der Waals surface area contributed by atoms with E-state index in [9.17, 15) is 8.78 Å². The minimum Gasteiger partial charge on any atom is -0.382 e. The third-order valence-electron chi connectivity index (χ3n) is 3.66. The number of rotatable bonds is 1. The molecule has 0 spiro atoms. The Bertz CT molecular complexity index is 671. The van der Waals surface area contributed by atoms with Gasteiger partial charge in [-0.3, -0.25) is 4.68 Å². The smallest absolute Gasteiger partial charge is 0.251 e. The number of hydrogen-bond donors (Lipinski definition) is 1. The van der Waals surface area contributed by atoms with Gasteiger partial charge in [0.2, 0.25) is 0 Å². The van der Waals surface area contributed by atoms with Crippen LogP contribution in [0, 0.1) is 0 Å². The van der Waals surface area contributed by atoms with Crippen molar-refractivity contribution in [2.24, 2.45) is 7.05 Å². The molecular weight excluding hydrogens is 248 g/mol. The second-order valence-corrected chi connectivity index (χ2v) is 5.03. The van der Waals surface area contributed by atoms with E-state index in [2.05, 4.69) is 5.10 Å². The summed E-state index contributed by atoms with van der Waals surface area (Å²) in [6, 6.07) is 5.80. The predicted octanol–water partition coefficient (Wildman–Crippen LogP) is 3.36. The fraction of sp³-hybridized carbons (Fsp3) is 0.357. The molecule has 2 aromatic rings. The molecule has 3 rings (SSSR count). The van der Waals surface area contributed by atoms with Crippen LogP contribution in [0.3, 0.4) is 0 Å². The molecule has 0 aliphatic heterocycles. The van der Waals surface area contributed by atoms with Crippen LogP contribution in [0.4, 0.5) is 14.6 Å². The van der Waals surface area contributed by atoms with Crippen molar-refractivity contribution in [2.75, 3.05) is 5.73 Å². The third-order valence-corrected chi connectivity index (χ3v) is 3.66. The highest BCUT2D eigenvalue weighted by atomic mass is 19.3. The highest BCUT2D eigenvalue weighted by molar-refractivity contribution is 5.91. The molecule has 0 atom stereocenters. The highest BCUT2D eigenvalue weighted by Gasteiger charge is 2.31. The molecule has 1 aromatic carbocycles. The van der Waals surface area contributed by atoms with Gasteiger partial charge in [0, 0.05) is 25.3 Å². The Balaban J connectivity index is 2.03. The van der Waals surface area contributed by atoms with E-state index in [-0.39, 0.29) is 12.8 Å². The third kappa shape index (κ3) is 2.09. The zero-order chi connectivity index (χ0) is 13.6. The molecule has 1 aliphatic carbocycles. The van der Waals surface area contributed by atoms with Crippen molar-refractivity contribution in [3.05, 3.63) is 29.8 Å². The first-order valence-corrected chi connectivity index (χ1v) is 6.26. The lowest BCUT2D eigenvalue weighted by molar-refractivity contribution is -0.00602. The van der Waals surface area contributed by atoms with Crippen molar-refractivity contribution >= 4 is 22.3 Å². The second-order valence-electron chi connectivity index (χ2n) is 5.03. The van der Waals surface area contributed by atoms with E-state index in [4.69, 9.17) is 5.73 Å². The highest BCUT2D eigenvalue weighted by Crippen LogP contribution is 2.37.